The Bertz CT molecular complexity index is 897. The second-order valence-electron chi connectivity index (χ2n) is 4.53. The van der Waals surface area contributed by atoms with Gasteiger partial charge in [0.2, 0.25) is 0 Å². The highest BCUT2D eigenvalue weighted by Gasteiger charge is 2.09. The van der Waals surface area contributed by atoms with Crippen molar-refractivity contribution >= 4 is 32.5 Å². The van der Waals surface area contributed by atoms with E-state index in [9.17, 15) is 5.11 Å². The molecule has 0 amide bonds. The third-order valence-corrected chi connectivity index (χ3v) is 4.27. The van der Waals surface area contributed by atoms with Crippen LogP contribution >= 0.6 is 11.3 Å². The van der Waals surface area contributed by atoms with Crippen molar-refractivity contribution in [3.05, 3.63) is 54.6 Å². The first-order valence-electron chi connectivity index (χ1n) is 6.26. The van der Waals surface area contributed by atoms with Crippen LogP contribution in [-0.4, -0.2) is 15.1 Å². The number of rotatable bonds is 1. The highest BCUT2D eigenvalue weighted by Crippen LogP contribution is 2.31. The molecule has 0 aliphatic rings. The fraction of sp³-hybridized carbons (Fsp3) is 0. The predicted molar refractivity (Wildman–Crippen MR) is 82.0 cm³/mol. The topological polar surface area (TPSA) is 46.0 Å². The molecule has 0 aliphatic heterocycles. The van der Waals surface area contributed by atoms with Gasteiger partial charge in [0.25, 0.3) is 0 Å². The van der Waals surface area contributed by atoms with Gasteiger partial charge in [-0.15, -0.1) is 11.3 Å². The minimum Gasteiger partial charge on any atom is -0.506 e. The SMILES string of the molecule is Oc1cccc2ccc(-c3nc4ccccc4s3)nc12. The fourth-order valence-electron chi connectivity index (χ4n) is 2.23. The van der Waals surface area contributed by atoms with Crippen molar-refractivity contribution in [2.75, 3.05) is 0 Å². The first-order valence-corrected chi connectivity index (χ1v) is 7.07. The quantitative estimate of drug-likeness (QED) is 0.567. The maximum atomic E-state index is 9.90. The van der Waals surface area contributed by atoms with Gasteiger partial charge in [-0.05, 0) is 24.3 Å². The van der Waals surface area contributed by atoms with Gasteiger partial charge in [-0.25, -0.2) is 9.97 Å². The second kappa shape index (κ2) is 4.28. The van der Waals surface area contributed by atoms with Crippen LogP contribution in [0, 0.1) is 0 Å². The molecule has 0 aliphatic carbocycles. The maximum Gasteiger partial charge on any atom is 0.143 e. The third-order valence-electron chi connectivity index (χ3n) is 3.21. The Morgan fingerprint density at radius 1 is 0.850 bits per heavy atom. The van der Waals surface area contributed by atoms with Crippen LogP contribution in [0.25, 0.3) is 31.8 Å². The number of phenols is 1. The molecule has 4 rings (SSSR count). The minimum absolute atomic E-state index is 0.200. The van der Waals surface area contributed by atoms with Crippen LogP contribution in [0.2, 0.25) is 0 Å². The van der Waals surface area contributed by atoms with Gasteiger partial charge >= 0.3 is 0 Å². The van der Waals surface area contributed by atoms with Crippen LogP contribution in [0.3, 0.4) is 0 Å². The number of hydrogen-bond donors (Lipinski definition) is 1. The van der Waals surface area contributed by atoms with E-state index >= 15 is 0 Å². The molecule has 0 saturated carbocycles. The number of hydrogen-bond acceptors (Lipinski definition) is 4. The van der Waals surface area contributed by atoms with E-state index in [0.717, 1.165) is 26.3 Å². The van der Waals surface area contributed by atoms with E-state index in [4.69, 9.17) is 0 Å². The van der Waals surface area contributed by atoms with Crippen molar-refractivity contribution in [1.29, 1.82) is 0 Å². The summed E-state index contributed by atoms with van der Waals surface area (Å²) in [6.45, 7) is 0. The van der Waals surface area contributed by atoms with Crippen molar-refractivity contribution < 1.29 is 5.11 Å². The van der Waals surface area contributed by atoms with Crippen molar-refractivity contribution in [3.63, 3.8) is 0 Å². The number of fused-ring (bicyclic) bond motifs is 2. The van der Waals surface area contributed by atoms with E-state index in [1.165, 1.54) is 0 Å². The summed E-state index contributed by atoms with van der Waals surface area (Å²) in [4.78, 5) is 9.13. The van der Waals surface area contributed by atoms with E-state index in [-0.39, 0.29) is 5.75 Å². The van der Waals surface area contributed by atoms with Crippen LogP contribution in [-0.2, 0) is 0 Å². The zero-order valence-corrected chi connectivity index (χ0v) is 11.3. The molecule has 4 aromatic rings. The van der Waals surface area contributed by atoms with Crippen molar-refractivity contribution in [3.8, 4) is 16.5 Å². The van der Waals surface area contributed by atoms with Gasteiger partial charge in [-0.3, -0.25) is 0 Å². The number of nitrogens with zero attached hydrogens (tertiary/aromatic N) is 2. The van der Waals surface area contributed by atoms with Crippen LogP contribution in [0.4, 0.5) is 0 Å². The van der Waals surface area contributed by atoms with E-state index in [1.54, 1.807) is 17.4 Å². The number of thiazole rings is 1. The zero-order chi connectivity index (χ0) is 13.5. The molecule has 0 saturated heterocycles. The lowest BCUT2D eigenvalue weighted by Crippen LogP contribution is -1.84. The molecule has 0 atom stereocenters. The van der Waals surface area contributed by atoms with Gasteiger partial charge in [0.15, 0.2) is 0 Å². The van der Waals surface area contributed by atoms with E-state index < -0.39 is 0 Å². The van der Waals surface area contributed by atoms with Gasteiger partial charge in [0.05, 0.1) is 15.9 Å². The molecular weight excluding hydrogens is 268 g/mol. The van der Waals surface area contributed by atoms with Crippen molar-refractivity contribution in [2.24, 2.45) is 0 Å². The molecule has 3 nitrogen and oxygen atoms in total. The lowest BCUT2D eigenvalue weighted by molar-refractivity contribution is 0.480. The van der Waals surface area contributed by atoms with E-state index in [0.29, 0.717) is 5.52 Å². The number of para-hydroxylation sites is 2. The molecule has 96 valence electrons. The summed E-state index contributed by atoms with van der Waals surface area (Å²) in [5.41, 5.74) is 2.39. The standard InChI is InChI=1S/C16H10N2OS/c19-13-6-3-4-10-8-9-12(17-15(10)13)16-18-11-5-1-2-7-14(11)20-16/h1-9,19H. The first kappa shape index (κ1) is 11.4. The lowest BCUT2D eigenvalue weighted by Gasteiger charge is -2.01. The van der Waals surface area contributed by atoms with Gasteiger partial charge in [-0.1, -0.05) is 30.3 Å². The maximum absolute atomic E-state index is 9.90. The fourth-order valence-corrected chi connectivity index (χ4v) is 3.17. The van der Waals surface area contributed by atoms with Gasteiger partial charge in [-0.2, -0.15) is 0 Å². The number of phenolic OH excluding ortho intramolecular Hbond substituents is 1. The largest absolute Gasteiger partial charge is 0.506 e. The lowest BCUT2D eigenvalue weighted by atomic mass is 10.2. The van der Waals surface area contributed by atoms with Crippen LogP contribution in [0.5, 0.6) is 5.75 Å². The number of benzene rings is 2. The number of pyridine rings is 1. The number of aromatic hydroxyl groups is 1. The van der Waals surface area contributed by atoms with Crippen LogP contribution in [0.1, 0.15) is 0 Å². The molecule has 20 heavy (non-hydrogen) atoms. The molecule has 1 N–H and O–H groups in total. The van der Waals surface area contributed by atoms with E-state index in [1.807, 2.05) is 42.5 Å². The Morgan fingerprint density at radius 2 is 1.75 bits per heavy atom. The Hall–Kier alpha value is -2.46. The van der Waals surface area contributed by atoms with Crippen molar-refractivity contribution in [1.82, 2.24) is 9.97 Å². The smallest absolute Gasteiger partial charge is 0.143 e. The summed E-state index contributed by atoms with van der Waals surface area (Å²) < 4.78 is 1.14. The Morgan fingerprint density at radius 3 is 2.65 bits per heavy atom. The molecule has 2 aromatic heterocycles. The zero-order valence-electron chi connectivity index (χ0n) is 10.4. The Balaban J connectivity index is 1.95. The third kappa shape index (κ3) is 1.73. The highest BCUT2D eigenvalue weighted by molar-refractivity contribution is 7.21. The van der Waals surface area contributed by atoms with E-state index in [2.05, 4.69) is 16.0 Å². The Kier molecular flexibility index (Phi) is 2.44. The van der Waals surface area contributed by atoms with Crippen LogP contribution in [0.15, 0.2) is 54.6 Å². The normalized spacial score (nSPS) is 11.2. The van der Waals surface area contributed by atoms with Gasteiger partial charge in [0, 0.05) is 5.39 Å². The average Bonchev–Trinajstić information content (AvgIpc) is 2.91. The molecular formula is C16H10N2OS. The molecule has 0 radical (unpaired) electrons. The number of aromatic nitrogens is 2. The highest BCUT2D eigenvalue weighted by atomic mass is 32.1. The molecule has 0 spiro atoms. The molecule has 2 aromatic carbocycles. The minimum atomic E-state index is 0.200. The van der Waals surface area contributed by atoms with Gasteiger partial charge < -0.3 is 5.11 Å². The molecule has 0 fully saturated rings. The first-order chi connectivity index (χ1) is 9.81. The average molecular weight is 278 g/mol. The summed E-state index contributed by atoms with van der Waals surface area (Å²) in [7, 11) is 0. The molecule has 0 unspecified atom stereocenters. The second-order valence-corrected chi connectivity index (χ2v) is 5.56. The summed E-state index contributed by atoms with van der Waals surface area (Å²) in [5.74, 6) is 0.200. The molecule has 2 heterocycles. The Labute approximate surface area is 119 Å². The summed E-state index contributed by atoms with van der Waals surface area (Å²) >= 11 is 1.61. The van der Waals surface area contributed by atoms with Crippen LogP contribution < -0.4 is 0 Å². The predicted octanol–water partition coefficient (Wildman–Crippen LogP) is 4.22. The summed E-state index contributed by atoms with van der Waals surface area (Å²) in [6.07, 6.45) is 0. The molecule has 4 heteroatoms. The molecule has 0 bridgehead atoms. The summed E-state index contributed by atoms with van der Waals surface area (Å²) in [6, 6.07) is 17.3. The van der Waals surface area contributed by atoms with Crippen molar-refractivity contribution in [2.45, 2.75) is 0 Å². The van der Waals surface area contributed by atoms with Gasteiger partial charge in [0.1, 0.15) is 16.3 Å². The summed E-state index contributed by atoms with van der Waals surface area (Å²) in [5, 5.41) is 11.7. The monoisotopic (exact) mass is 278 g/mol.